The van der Waals surface area contributed by atoms with E-state index >= 15 is 0 Å². The topological polar surface area (TPSA) is 70.2 Å². The van der Waals surface area contributed by atoms with Gasteiger partial charge in [0, 0.05) is 16.7 Å². The van der Waals surface area contributed by atoms with E-state index in [0.717, 1.165) is 16.3 Å². The maximum Gasteiger partial charge on any atom is 0.269 e. The molecular weight excluding hydrogens is 394 g/mol. The van der Waals surface area contributed by atoms with E-state index in [0.29, 0.717) is 10.6 Å². The Morgan fingerprint density at radius 2 is 1.61 bits per heavy atom. The minimum absolute atomic E-state index is 0.0186. The van der Waals surface area contributed by atoms with Crippen LogP contribution in [0.25, 0.3) is 16.8 Å². The first-order chi connectivity index (χ1) is 13.5. The second kappa shape index (κ2) is 9.12. The highest BCUT2D eigenvalue weighted by molar-refractivity contribution is 7.80. The molecule has 0 fully saturated rings. The highest BCUT2D eigenvalue weighted by Gasteiger charge is 2.06. The van der Waals surface area contributed by atoms with Crippen LogP contribution in [-0.2, 0) is 4.79 Å². The maximum absolute atomic E-state index is 12.1. The molecule has 0 aliphatic rings. The van der Waals surface area contributed by atoms with Gasteiger partial charge in [0.05, 0.1) is 0 Å². The molecule has 0 aromatic heterocycles. The number of carbonyl (C=O) groups is 2. The molecule has 5 nitrogen and oxygen atoms in total. The number of nitrogens with one attached hydrogen (secondary N) is 3. The Balaban J connectivity index is 1.54. The molecule has 0 heterocycles. The molecule has 3 aromatic carbocycles. The molecule has 0 bridgehead atoms. The monoisotopic (exact) mass is 409 g/mol. The number of rotatable bonds is 3. The van der Waals surface area contributed by atoms with Crippen LogP contribution in [0, 0.1) is 0 Å². The predicted molar refractivity (Wildman–Crippen MR) is 116 cm³/mol. The van der Waals surface area contributed by atoms with Gasteiger partial charge in [-0.2, -0.15) is 0 Å². The van der Waals surface area contributed by atoms with Gasteiger partial charge >= 0.3 is 0 Å². The lowest BCUT2D eigenvalue weighted by Gasteiger charge is -2.09. The van der Waals surface area contributed by atoms with Gasteiger partial charge in [-0.1, -0.05) is 54.1 Å². The van der Waals surface area contributed by atoms with Crippen molar-refractivity contribution in [1.29, 1.82) is 0 Å². The SMILES string of the molecule is O=C(C=Cc1cccc2ccccc12)NC(=S)NNC(=O)c1ccc(Cl)cc1. The third-order valence-corrected chi connectivity index (χ3v) is 4.33. The summed E-state index contributed by atoms with van der Waals surface area (Å²) in [6.07, 6.45) is 3.10. The van der Waals surface area contributed by atoms with Crippen LogP contribution in [0.4, 0.5) is 0 Å². The van der Waals surface area contributed by atoms with Gasteiger partial charge in [0.2, 0.25) is 5.91 Å². The molecule has 3 rings (SSSR count). The van der Waals surface area contributed by atoms with E-state index in [-0.39, 0.29) is 5.11 Å². The number of fused-ring (bicyclic) bond motifs is 1. The summed E-state index contributed by atoms with van der Waals surface area (Å²) in [5.41, 5.74) is 6.22. The van der Waals surface area contributed by atoms with E-state index < -0.39 is 11.8 Å². The Kier molecular flexibility index (Phi) is 6.37. The van der Waals surface area contributed by atoms with Crippen molar-refractivity contribution >= 4 is 57.6 Å². The zero-order valence-electron chi connectivity index (χ0n) is 14.6. The summed E-state index contributed by atoms with van der Waals surface area (Å²) in [7, 11) is 0. The average Bonchev–Trinajstić information content (AvgIpc) is 2.71. The Morgan fingerprint density at radius 3 is 2.39 bits per heavy atom. The van der Waals surface area contributed by atoms with Crippen LogP contribution < -0.4 is 16.2 Å². The fraction of sp³-hybridized carbons (Fsp3) is 0. The zero-order chi connectivity index (χ0) is 19.9. The number of benzene rings is 3. The number of amides is 2. The molecule has 0 radical (unpaired) electrons. The molecule has 0 atom stereocenters. The van der Waals surface area contributed by atoms with Crippen molar-refractivity contribution in [3.8, 4) is 0 Å². The average molecular weight is 410 g/mol. The van der Waals surface area contributed by atoms with Gasteiger partial charge in [-0.3, -0.25) is 25.8 Å². The zero-order valence-corrected chi connectivity index (χ0v) is 16.2. The van der Waals surface area contributed by atoms with Crippen LogP contribution in [0.5, 0.6) is 0 Å². The number of halogens is 1. The van der Waals surface area contributed by atoms with Gasteiger partial charge in [-0.15, -0.1) is 0 Å². The maximum atomic E-state index is 12.1. The van der Waals surface area contributed by atoms with Crippen LogP contribution >= 0.6 is 23.8 Å². The lowest BCUT2D eigenvalue weighted by molar-refractivity contribution is -0.115. The minimum atomic E-state index is -0.411. The first kappa shape index (κ1) is 19.5. The smallest absolute Gasteiger partial charge is 0.269 e. The van der Waals surface area contributed by atoms with Crippen molar-refractivity contribution in [2.75, 3.05) is 0 Å². The van der Waals surface area contributed by atoms with Gasteiger partial charge in [0.1, 0.15) is 0 Å². The number of hydrogen-bond donors (Lipinski definition) is 3. The molecule has 3 aromatic rings. The second-order valence-corrected chi connectivity index (χ2v) is 6.65. The Morgan fingerprint density at radius 1 is 0.893 bits per heavy atom. The number of thiocarbonyl (C=S) groups is 1. The molecule has 2 amide bonds. The van der Waals surface area contributed by atoms with Crippen molar-refractivity contribution < 1.29 is 9.59 Å². The quantitative estimate of drug-likeness (QED) is 0.349. The van der Waals surface area contributed by atoms with Crippen LogP contribution in [0.1, 0.15) is 15.9 Å². The van der Waals surface area contributed by atoms with E-state index in [1.807, 2.05) is 42.5 Å². The lowest BCUT2D eigenvalue weighted by Crippen LogP contribution is -2.48. The number of hydrazine groups is 1. The molecule has 0 aliphatic carbocycles. The summed E-state index contributed by atoms with van der Waals surface area (Å²) in [6, 6.07) is 20.1. The number of carbonyl (C=O) groups excluding carboxylic acids is 2. The Hall–Kier alpha value is -3.22. The summed E-state index contributed by atoms with van der Waals surface area (Å²) < 4.78 is 0. The van der Waals surface area contributed by atoms with Gasteiger partial charge in [0.15, 0.2) is 5.11 Å². The van der Waals surface area contributed by atoms with Gasteiger partial charge in [0.25, 0.3) is 5.91 Å². The Bertz CT molecular complexity index is 1060. The second-order valence-electron chi connectivity index (χ2n) is 5.81. The summed E-state index contributed by atoms with van der Waals surface area (Å²) in [6.45, 7) is 0. The summed E-state index contributed by atoms with van der Waals surface area (Å²) in [5, 5.41) is 5.12. The fourth-order valence-electron chi connectivity index (χ4n) is 2.53. The van der Waals surface area contributed by atoms with Crippen LogP contribution in [0.3, 0.4) is 0 Å². The standard InChI is InChI=1S/C21H16ClN3O2S/c22-17-11-8-16(9-12-17)20(27)24-25-21(28)23-19(26)13-10-15-6-3-5-14-4-1-2-7-18(14)15/h1-13H,(H,24,27)(H2,23,25,26,28). The fourth-order valence-corrected chi connectivity index (χ4v) is 2.81. The molecule has 3 N–H and O–H groups in total. The largest absolute Gasteiger partial charge is 0.298 e. The first-order valence-electron chi connectivity index (χ1n) is 8.35. The molecule has 140 valence electrons. The highest BCUT2D eigenvalue weighted by Crippen LogP contribution is 2.19. The van der Waals surface area contributed by atoms with Crippen molar-refractivity contribution in [1.82, 2.24) is 16.2 Å². The predicted octanol–water partition coefficient (Wildman–Crippen LogP) is 3.84. The van der Waals surface area contributed by atoms with Gasteiger partial charge < -0.3 is 0 Å². The third kappa shape index (κ3) is 5.16. The van der Waals surface area contributed by atoms with E-state index in [1.165, 1.54) is 6.08 Å². The molecule has 0 saturated carbocycles. The molecule has 0 saturated heterocycles. The van der Waals surface area contributed by atoms with Crippen molar-refractivity contribution in [2.45, 2.75) is 0 Å². The van der Waals surface area contributed by atoms with E-state index in [4.69, 9.17) is 23.8 Å². The Labute approximate surface area is 172 Å². The third-order valence-electron chi connectivity index (χ3n) is 3.87. The summed E-state index contributed by atoms with van der Waals surface area (Å²) in [5.74, 6) is -0.814. The van der Waals surface area contributed by atoms with E-state index in [9.17, 15) is 9.59 Å². The van der Waals surface area contributed by atoms with Crippen LogP contribution in [0.2, 0.25) is 5.02 Å². The van der Waals surface area contributed by atoms with Crippen molar-refractivity contribution in [2.24, 2.45) is 0 Å². The van der Waals surface area contributed by atoms with Gasteiger partial charge in [-0.25, -0.2) is 0 Å². The first-order valence-corrected chi connectivity index (χ1v) is 9.14. The summed E-state index contributed by atoms with van der Waals surface area (Å²) >= 11 is 10.8. The lowest BCUT2D eigenvalue weighted by atomic mass is 10.0. The van der Waals surface area contributed by atoms with Gasteiger partial charge in [-0.05, 0) is 58.9 Å². The highest BCUT2D eigenvalue weighted by atomic mass is 35.5. The minimum Gasteiger partial charge on any atom is -0.298 e. The van der Waals surface area contributed by atoms with Crippen molar-refractivity contribution in [3.05, 3.63) is 89.0 Å². The molecule has 7 heteroatoms. The molecule has 0 spiro atoms. The molecule has 0 unspecified atom stereocenters. The summed E-state index contributed by atoms with van der Waals surface area (Å²) in [4.78, 5) is 24.0. The van der Waals surface area contributed by atoms with Crippen LogP contribution in [0.15, 0.2) is 72.8 Å². The normalized spacial score (nSPS) is 10.6. The molecular formula is C21H16ClN3O2S. The van der Waals surface area contributed by atoms with E-state index in [1.54, 1.807) is 30.3 Å². The number of hydrogen-bond acceptors (Lipinski definition) is 3. The van der Waals surface area contributed by atoms with Crippen LogP contribution in [-0.4, -0.2) is 16.9 Å². The van der Waals surface area contributed by atoms with E-state index in [2.05, 4.69) is 16.2 Å². The van der Waals surface area contributed by atoms with Crippen molar-refractivity contribution in [3.63, 3.8) is 0 Å². The molecule has 0 aliphatic heterocycles. The molecule has 28 heavy (non-hydrogen) atoms.